The first kappa shape index (κ1) is 18.2. The van der Waals surface area contributed by atoms with E-state index in [1.165, 1.54) is 24.3 Å². The SMILES string of the molecule is Cc1ccccc1OC[C@H](C)NC(=O)/C=C/c1cccc([N+](=O)[O-])c1. The van der Waals surface area contributed by atoms with Gasteiger partial charge in [0.25, 0.3) is 5.69 Å². The highest BCUT2D eigenvalue weighted by atomic mass is 16.6. The van der Waals surface area contributed by atoms with Gasteiger partial charge in [0.2, 0.25) is 5.91 Å². The fourth-order valence-electron chi connectivity index (χ4n) is 2.18. The van der Waals surface area contributed by atoms with E-state index in [-0.39, 0.29) is 17.6 Å². The lowest BCUT2D eigenvalue weighted by atomic mass is 10.2. The van der Waals surface area contributed by atoms with Crippen molar-refractivity contribution in [2.45, 2.75) is 19.9 Å². The van der Waals surface area contributed by atoms with E-state index >= 15 is 0 Å². The van der Waals surface area contributed by atoms with Crippen LogP contribution in [0.4, 0.5) is 5.69 Å². The summed E-state index contributed by atoms with van der Waals surface area (Å²) in [6.45, 7) is 4.15. The number of non-ortho nitro benzene ring substituents is 1. The zero-order valence-corrected chi connectivity index (χ0v) is 14.1. The average Bonchev–Trinajstić information content (AvgIpc) is 2.59. The molecule has 2 aromatic rings. The van der Waals surface area contributed by atoms with Crippen molar-refractivity contribution >= 4 is 17.7 Å². The quantitative estimate of drug-likeness (QED) is 0.475. The van der Waals surface area contributed by atoms with Crippen LogP contribution in [0.25, 0.3) is 6.08 Å². The Bertz CT molecular complexity index is 786. The van der Waals surface area contributed by atoms with Gasteiger partial charge in [0.05, 0.1) is 11.0 Å². The second-order valence-corrected chi connectivity index (χ2v) is 5.67. The number of nitro benzene ring substituents is 1. The Morgan fingerprint density at radius 1 is 1.28 bits per heavy atom. The van der Waals surface area contributed by atoms with Gasteiger partial charge in [-0.3, -0.25) is 14.9 Å². The number of rotatable bonds is 7. The maximum absolute atomic E-state index is 11.9. The van der Waals surface area contributed by atoms with Gasteiger partial charge in [0.1, 0.15) is 12.4 Å². The Kier molecular flexibility index (Phi) is 6.28. The first-order valence-electron chi connectivity index (χ1n) is 7.87. The lowest BCUT2D eigenvalue weighted by Gasteiger charge is -2.15. The molecule has 2 rings (SSSR count). The van der Waals surface area contributed by atoms with E-state index in [4.69, 9.17) is 4.74 Å². The number of carbonyl (C=O) groups excluding carboxylic acids is 1. The standard InChI is InChI=1S/C19H20N2O4/c1-14-6-3-4-9-18(14)25-13-15(2)20-19(22)11-10-16-7-5-8-17(12-16)21(23)24/h3-12,15H,13H2,1-2H3,(H,20,22)/b11-10+/t15-/m0/s1. The minimum atomic E-state index is -0.470. The Morgan fingerprint density at radius 3 is 2.76 bits per heavy atom. The highest BCUT2D eigenvalue weighted by molar-refractivity contribution is 5.91. The summed E-state index contributed by atoms with van der Waals surface area (Å²) in [4.78, 5) is 22.2. The number of amides is 1. The second-order valence-electron chi connectivity index (χ2n) is 5.67. The number of nitro groups is 1. The molecule has 0 unspecified atom stereocenters. The molecule has 0 heterocycles. The van der Waals surface area contributed by atoms with Gasteiger partial charge in [0.15, 0.2) is 0 Å². The number of aryl methyl sites for hydroxylation is 1. The van der Waals surface area contributed by atoms with Gasteiger partial charge in [-0.05, 0) is 37.1 Å². The first-order valence-corrected chi connectivity index (χ1v) is 7.87. The molecule has 0 fully saturated rings. The monoisotopic (exact) mass is 340 g/mol. The molecule has 0 aromatic heterocycles. The number of hydrogen-bond donors (Lipinski definition) is 1. The molecule has 25 heavy (non-hydrogen) atoms. The molecule has 6 nitrogen and oxygen atoms in total. The number of ether oxygens (including phenoxy) is 1. The van der Waals surface area contributed by atoms with Crippen LogP contribution in [0.5, 0.6) is 5.75 Å². The number of hydrogen-bond acceptors (Lipinski definition) is 4. The normalized spacial score (nSPS) is 11.9. The second kappa shape index (κ2) is 8.63. The molecular formula is C19H20N2O4. The van der Waals surface area contributed by atoms with Gasteiger partial charge in [-0.25, -0.2) is 0 Å². The maximum atomic E-state index is 11.9. The van der Waals surface area contributed by atoms with Crippen molar-refractivity contribution < 1.29 is 14.5 Å². The van der Waals surface area contributed by atoms with Gasteiger partial charge in [-0.15, -0.1) is 0 Å². The van der Waals surface area contributed by atoms with E-state index in [1.54, 1.807) is 12.1 Å². The topological polar surface area (TPSA) is 81.5 Å². The Morgan fingerprint density at radius 2 is 2.04 bits per heavy atom. The van der Waals surface area contributed by atoms with Gasteiger partial charge in [-0.1, -0.05) is 30.3 Å². The lowest BCUT2D eigenvalue weighted by Crippen LogP contribution is -2.35. The van der Waals surface area contributed by atoms with Crippen LogP contribution in [0.2, 0.25) is 0 Å². The summed E-state index contributed by atoms with van der Waals surface area (Å²) in [7, 11) is 0. The van der Waals surface area contributed by atoms with Gasteiger partial charge in [0, 0.05) is 18.2 Å². The molecule has 0 radical (unpaired) electrons. The first-order chi connectivity index (χ1) is 12.0. The smallest absolute Gasteiger partial charge is 0.270 e. The number of carbonyl (C=O) groups is 1. The summed E-state index contributed by atoms with van der Waals surface area (Å²) in [5, 5.41) is 13.5. The van der Waals surface area contributed by atoms with E-state index < -0.39 is 4.92 Å². The predicted molar refractivity (Wildman–Crippen MR) is 96.4 cm³/mol. The number of para-hydroxylation sites is 1. The molecule has 0 spiro atoms. The van der Waals surface area contributed by atoms with Crippen molar-refractivity contribution in [3.63, 3.8) is 0 Å². The van der Waals surface area contributed by atoms with Crippen molar-refractivity contribution in [2.75, 3.05) is 6.61 Å². The highest BCUT2D eigenvalue weighted by Crippen LogP contribution is 2.16. The molecule has 0 aliphatic heterocycles. The summed E-state index contributed by atoms with van der Waals surface area (Å²) in [5.74, 6) is 0.503. The Hall–Kier alpha value is -3.15. The third kappa shape index (κ3) is 5.76. The molecule has 6 heteroatoms. The van der Waals surface area contributed by atoms with Crippen LogP contribution in [-0.2, 0) is 4.79 Å². The summed E-state index contributed by atoms with van der Waals surface area (Å²) in [5.41, 5.74) is 1.61. The molecule has 0 bridgehead atoms. The fourth-order valence-corrected chi connectivity index (χ4v) is 2.18. The molecule has 1 amide bonds. The van der Waals surface area contributed by atoms with E-state index in [9.17, 15) is 14.9 Å². The zero-order chi connectivity index (χ0) is 18.2. The molecular weight excluding hydrogens is 320 g/mol. The molecule has 1 N–H and O–H groups in total. The average molecular weight is 340 g/mol. The molecule has 0 saturated heterocycles. The molecule has 0 aliphatic rings. The molecule has 0 aliphatic carbocycles. The zero-order valence-electron chi connectivity index (χ0n) is 14.1. The van der Waals surface area contributed by atoms with Crippen molar-refractivity contribution in [3.05, 3.63) is 75.8 Å². The number of benzene rings is 2. The third-order valence-electron chi connectivity index (χ3n) is 3.48. The fraction of sp³-hybridized carbons (Fsp3) is 0.211. The van der Waals surface area contributed by atoms with Crippen molar-refractivity contribution in [3.8, 4) is 5.75 Å². The number of nitrogens with one attached hydrogen (secondary N) is 1. The highest BCUT2D eigenvalue weighted by Gasteiger charge is 2.07. The molecule has 0 saturated carbocycles. The van der Waals surface area contributed by atoms with E-state index in [1.807, 2.05) is 38.1 Å². The Labute approximate surface area is 146 Å². The Balaban J connectivity index is 1.86. The van der Waals surface area contributed by atoms with Crippen LogP contribution < -0.4 is 10.1 Å². The lowest BCUT2D eigenvalue weighted by molar-refractivity contribution is -0.384. The summed E-state index contributed by atoms with van der Waals surface area (Å²) < 4.78 is 5.69. The minimum absolute atomic E-state index is 0.0115. The van der Waals surface area contributed by atoms with E-state index in [0.29, 0.717) is 12.2 Å². The van der Waals surface area contributed by atoms with Crippen LogP contribution >= 0.6 is 0 Å². The van der Waals surface area contributed by atoms with Crippen LogP contribution in [0.1, 0.15) is 18.1 Å². The maximum Gasteiger partial charge on any atom is 0.270 e. The van der Waals surface area contributed by atoms with Gasteiger partial charge in [-0.2, -0.15) is 0 Å². The van der Waals surface area contributed by atoms with Crippen LogP contribution in [0, 0.1) is 17.0 Å². The predicted octanol–water partition coefficient (Wildman–Crippen LogP) is 3.50. The van der Waals surface area contributed by atoms with E-state index in [2.05, 4.69) is 5.32 Å². The largest absolute Gasteiger partial charge is 0.491 e. The summed E-state index contributed by atoms with van der Waals surface area (Å²) in [6, 6.07) is 13.6. The molecule has 1 atom stereocenters. The summed E-state index contributed by atoms with van der Waals surface area (Å²) >= 11 is 0. The number of nitrogens with zero attached hydrogens (tertiary/aromatic N) is 1. The molecule has 130 valence electrons. The molecule has 2 aromatic carbocycles. The minimum Gasteiger partial charge on any atom is -0.491 e. The van der Waals surface area contributed by atoms with Crippen molar-refractivity contribution in [1.29, 1.82) is 0 Å². The van der Waals surface area contributed by atoms with Crippen molar-refractivity contribution in [2.24, 2.45) is 0 Å². The van der Waals surface area contributed by atoms with E-state index in [0.717, 1.165) is 11.3 Å². The van der Waals surface area contributed by atoms with Crippen LogP contribution in [0.3, 0.4) is 0 Å². The summed E-state index contributed by atoms with van der Waals surface area (Å²) in [6.07, 6.45) is 2.89. The van der Waals surface area contributed by atoms with Crippen molar-refractivity contribution in [1.82, 2.24) is 5.32 Å². The van der Waals surface area contributed by atoms with Crippen LogP contribution in [-0.4, -0.2) is 23.5 Å². The van der Waals surface area contributed by atoms with Gasteiger partial charge >= 0.3 is 0 Å². The van der Waals surface area contributed by atoms with Crippen LogP contribution in [0.15, 0.2) is 54.6 Å². The third-order valence-corrected chi connectivity index (χ3v) is 3.48. The van der Waals surface area contributed by atoms with Gasteiger partial charge < -0.3 is 10.1 Å².